The number of para-hydroxylation sites is 2. The lowest BCUT2D eigenvalue weighted by Crippen LogP contribution is -2.34. The lowest BCUT2D eigenvalue weighted by atomic mass is 10.1. The Balaban J connectivity index is 1.49. The molecule has 5 rings (SSSR count). The third-order valence-corrected chi connectivity index (χ3v) is 6.00. The van der Waals surface area contributed by atoms with Crippen molar-refractivity contribution < 1.29 is 19.0 Å². The fourth-order valence-electron chi connectivity index (χ4n) is 4.50. The van der Waals surface area contributed by atoms with Crippen molar-refractivity contribution in [3.05, 3.63) is 60.3 Å². The van der Waals surface area contributed by atoms with Crippen molar-refractivity contribution in [2.75, 3.05) is 24.6 Å². The number of benzene rings is 2. The van der Waals surface area contributed by atoms with Gasteiger partial charge < -0.3 is 30.6 Å². The van der Waals surface area contributed by atoms with Crippen LogP contribution in [0.15, 0.2) is 54.6 Å². The molecule has 0 aliphatic carbocycles. The topological polar surface area (TPSA) is 126 Å². The minimum Gasteiger partial charge on any atom is -0.397 e. The third-order valence-electron chi connectivity index (χ3n) is 6.00. The zero-order chi connectivity index (χ0) is 23.9. The van der Waals surface area contributed by atoms with E-state index in [1.165, 1.54) is 0 Å². The molecule has 2 saturated heterocycles. The average molecular weight is 465 g/mol. The molecule has 0 spiro atoms. The Morgan fingerprint density at radius 3 is 2.53 bits per heavy atom. The van der Waals surface area contributed by atoms with E-state index < -0.39 is 18.1 Å². The Bertz CT molecular complexity index is 1180. The van der Waals surface area contributed by atoms with Gasteiger partial charge in [0, 0.05) is 19.2 Å². The van der Waals surface area contributed by atoms with E-state index in [1.54, 1.807) is 11.7 Å². The van der Waals surface area contributed by atoms with Crippen LogP contribution < -0.4 is 16.4 Å². The number of carbonyl (C=O) groups excluding carboxylic acids is 1. The van der Waals surface area contributed by atoms with Crippen LogP contribution in [-0.2, 0) is 14.2 Å². The maximum Gasteiger partial charge on any atom is 0.273 e. The normalized spacial score (nSPS) is 25.1. The van der Waals surface area contributed by atoms with Crippen LogP contribution in [-0.4, -0.2) is 58.6 Å². The number of rotatable bonds is 6. The summed E-state index contributed by atoms with van der Waals surface area (Å²) in [6.45, 7) is 4.19. The second-order valence-electron chi connectivity index (χ2n) is 8.77. The Morgan fingerprint density at radius 2 is 1.79 bits per heavy atom. The van der Waals surface area contributed by atoms with E-state index in [9.17, 15) is 4.79 Å². The van der Waals surface area contributed by atoms with Crippen molar-refractivity contribution in [2.45, 2.75) is 44.2 Å². The average Bonchev–Trinajstić information content (AvgIpc) is 3.49. The molecule has 10 nitrogen and oxygen atoms in total. The first-order chi connectivity index (χ1) is 16.4. The number of amides is 1. The quantitative estimate of drug-likeness (QED) is 0.475. The maximum absolute atomic E-state index is 12.6. The minimum atomic E-state index is -0.793. The number of nitrogens with zero attached hydrogens (tertiary/aromatic N) is 3. The number of hydrogen-bond donors (Lipinski definition) is 3. The van der Waals surface area contributed by atoms with Gasteiger partial charge in [-0.2, -0.15) is 0 Å². The summed E-state index contributed by atoms with van der Waals surface area (Å²) < 4.78 is 20.5. The van der Waals surface area contributed by atoms with E-state index in [0.717, 1.165) is 11.3 Å². The van der Waals surface area contributed by atoms with Gasteiger partial charge in [-0.25, -0.2) is 4.68 Å². The number of carbonyl (C=O) groups is 1. The van der Waals surface area contributed by atoms with Gasteiger partial charge in [-0.05, 0) is 26.0 Å². The van der Waals surface area contributed by atoms with E-state index in [2.05, 4.69) is 20.9 Å². The molecule has 2 aliphatic heterocycles. The van der Waals surface area contributed by atoms with E-state index in [1.807, 2.05) is 68.4 Å². The van der Waals surface area contributed by atoms with Crippen LogP contribution in [0.4, 0.5) is 11.4 Å². The van der Waals surface area contributed by atoms with Gasteiger partial charge in [0.25, 0.3) is 5.91 Å². The van der Waals surface area contributed by atoms with Crippen LogP contribution in [0.25, 0.3) is 11.3 Å². The molecule has 0 radical (unpaired) electrons. The van der Waals surface area contributed by atoms with Crippen LogP contribution in [0.3, 0.4) is 0 Å². The molecule has 2 aromatic carbocycles. The smallest absolute Gasteiger partial charge is 0.273 e. The van der Waals surface area contributed by atoms with Crippen molar-refractivity contribution in [1.29, 1.82) is 0 Å². The zero-order valence-corrected chi connectivity index (χ0v) is 19.3. The monoisotopic (exact) mass is 464 g/mol. The number of fused-ring (bicyclic) bond motifs is 1. The van der Waals surface area contributed by atoms with E-state index >= 15 is 0 Å². The fourth-order valence-corrected chi connectivity index (χ4v) is 4.50. The highest BCUT2D eigenvalue weighted by atomic mass is 16.8. The summed E-state index contributed by atoms with van der Waals surface area (Å²) in [5.41, 5.74) is 9.11. The van der Waals surface area contributed by atoms with Crippen LogP contribution >= 0.6 is 0 Å². The van der Waals surface area contributed by atoms with Crippen molar-refractivity contribution in [3.8, 4) is 11.3 Å². The Hall–Kier alpha value is -3.47. The Kier molecular flexibility index (Phi) is 5.72. The molecule has 1 amide bonds. The predicted molar refractivity (Wildman–Crippen MR) is 126 cm³/mol. The first kappa shape index (κ1) is 22.3. The van der Waals surface area contributed by atoms with Gasteiger partial charge >= 0.3 is 0 Å². The highest BCUT2D eigenvalue weighted by Crippen LogP contribution is 2.44. The molecule has 0 saturated carbocycles. The van der Waals surface area contributed by atoms with Gasteiger partial charge in [-0.1, -0.05) is 47.7 Å². The highest BCUT2D eigenvalue weighted by Gasteiger charge is 2.56. The molecule has 2 aliphatic rings. The number of aromatic nitrogens is 3. The Morgan fingerprint density at radius 1 is 1.09 bits per heavy atom. The second-order valence-corrected chi connectivity index (χ2v) is 8.77. The van der Waals surface area contributed by atoms with Gasteiger partial charge in [0.2, 0.25) is 0 Å². The number of anilines is 2. The lowest BCUT2D eigenvalue weighted by Gasteiger charge is -2.25. The first-order valence-corrected chi connectivity index (χ1v) is 11.2. The summed E-state index contributed by atoms with van der Waals surface area (Å²) in [5.74, 6) is -1.13. The summed E-state index contributed by atoms with van der Waals surface area (Å²) in [4.78, 5) is 12.6. The van der Waals surface area contributed by atoms with Gasteiger partial charge in [0.1, 0.15) is 24.0 Å². The van der Waals surface area contributed by atoms with E-state index in [4.69, 9.17) is 19.9 Å². The van der Waals surface area contributed by atoms with Gasteiger partial charge in [-0.15, -0.1) is 5.10 Å². The van der Waals surface area contributed by atoms with Crippen molar-refractivity contribution >= 4 is 17.3 Å². The fraction of sp³-hybridized carbons (Fsp3) is 0.375. The molecule has 34 heavy (non-hydrogen) atoms. The predicted octanol–water partition coefficient (Wildman–Crippen LogP) is 2.42. The van der Waals surface area contributed by atoms with E-state index in [-0.39, 0.29) is 23.8 Å². The largest absolute Gasteiger partial charge is 0.397 e. The van der Waals surface area contributed by atoms with E-state index in [0.29, 0.717) is 17.9 Å². The van der Waals surface area contributed by atoms with Gasteiger partial charge in [0.15, 0.2) is 17.7 Å². The minimum absolute atomic E-state index is 0.214. The molecule has 4 atom stereocenters. The summed E-state index contributed by atoms with van der Waals surface area (Å²) in [6, 6.07) is 17.1. The molecule has 3 aromatic rings. The third kappa shape index (κ3) is 4.00. The molecule has 0 bridgehead atoms. The Labute approximate surface area is 197 Å². The van der Waals surface area contributed by atoms with Gasteiger partial charge in [-0.3, -0.25) is 4.79 Å². The van der Waals surface area contributed by atoms with Gasteiger partial charge in [0.05, 0.1) is 11.4 Å². The molecule has 3 heterocycles. The summed E-state index contributed by atoms with van der Waals surface area (Å²) in [5, 5.41) is 14.5. The number of hydrogen-bond acceptors (Lipinski definition) is 8. The molecule has 1 unspecified atom stereocenters. The van der Waals surface area contributed by atoms with Crippen molar-refractivity contribution in [2.24, 2.45) is 0 Å². The first-order valence-electron chi connectivity index (χ1n) is 11.2. The lowest BCUT2D eigenvalue weighted by molar-refractivity contribution is -0.196. The number of nitrogen functional groups attached to an aromatic ring is 1. The molecule has 10 heteroatoms. The maximum atomic E-state index is 12.6. The molecule has 4 N–H and O–H groups in total. The molecule has 178 valence electrons. The number of nitrogens with one attached hydrogen (secondary N) is 2. The molecular formula is C24H28N6O4. The summed E-state index contributed by atoms with van der Waals surface area (Å²) in [6.07, 6.45) is -1.80. The zero-order valence-electron chi connectivity index (χ0n) is 19.3. The second kappa shape index (κ2) is 8.71. The van der Waals surface area contributed by atoms with Crippen LogP contribution in [0.5, 0.6) is 0 Å². The van der Waals surface area contributed by atoms with Crippen molar-refractivity contribution in [3.63, 3.8) is 0 Å². The molecule has 1 aromatic heterocycles. The van der Waals surface area contributed by atoms with Crippen LogP contribution in [0.2, 0.25) is 0 Å². The summed E-state index contributed by atoms with van der Waals surface area (Å²) >= 11 is 0. The number of ether oxygens (including phenoxy) is 3. The van der Waals surface area contributed by atoms with Crippen LogP contribution in [0.1, 0.15) is 30.6 Å². The van der Waals surface area contributed by atoms with Crippen molar-refractivity contribution in [1.82, 2.24) is 20.3 Å². The summed E-state index contributed by atoms with van der Waals surface area (Å²) in [7, 11) is 1.56. The molecule has 2 fully saturated rings. The standard InChI is InChI=1S/C24H28N6O4/c1-24(2)33-20-17(13-27-16-12-8-7-11-15(16)25)32-23(21(20)34-24)30-19(14-9-5-4-6-10-14)18(28-29-30)22(31)26-3/h4-12,17,20-21,23,27H,13,25H2,1-3H3,(H,26,31)/t17-,20-,21?,23-/m1/s1. The highest BCUT2D eigenvalue weighted by molar-refractivity contribution is 5.97. The SMILES string of the molecule is CNC(=O)c1nnn([C@@H]2O[C@H](CNc3ccccc3N)[C@H]3OC(C)(C)OC23)c1-c1ccccc1. The number of nitrogens with two attached hydrogens (primary N) is 1. The molecular weight excluding hydrogens is 436 g/mol. The van der Waals surface area contributed by atoms with Crippen LogP contribution in [0, 0.1) is 0 Å².